The summed E-state index contributed by atoms with van der Waals surface area (Å²) in [7, 11) is 0. The first-order valence-corrected chi connectivity index (χ1v) is 16.2. The average molecular weight is 612 g/mol. The third kappa shape index (κ3) is 7.92. The molecule has 2 aromatic carbocycles. The van der Waals surface area contributed by atoms with Crippen LogP contribution in [0.25, 0.3) is 22.2 Å². The fourth-order valence-electron chi connectivity index (χ4n) is 5.76. The molecule has 0 aliphatic rings. The summed E-state index contributed by atoms with van der Waals surface area (Å²) in [4.78, 5) is 35.1. The third-order valence-electron chi connectivity index (χ3n) is 8.11. The van der Waals surface area contributed by atoms with Crippen LogP contribution in [0.2, 0.25) is 0 Å². The molecule has 2 N–H and O–H groups in total. The predicted octanol–water partition coefficient (Wildman–Crippen LogP) is 8.33. The lowest BCUT2D eigenvalue weighted by atomic mass is 9.93. The minimum Gasteiger partial charge on any atom is -0.492 e. The number of urea groups is 1. The monoisotopic (exact) mass is 611 g/mol. The van der Waals surface area contributed by atoms with E-state index in [-0.39, 0.29) is 29.0 Å². The second-order valence-corrected chi connectivity index (χ2v) is 12.5. The molecule has 4 rings (SSSR count). The maximum atomic E-state index is 14.3. The molecule has 0 aliphatic heterocycles. The molecule has 2 heterocycles. The fourth-order valence-corrected chi connectivity index (χ4v) is 5.76. The zero-order valence-electron chi connectivity index (χ0n) is 28.1. The Kier molecular flexibility index (Phi) is 11.4. The molecule has 8 heteroatoms. The molecule has 0 atom stereocenters. The van der Waals surface area contributed by atoms with Crippen LogP contribution in [0.15, 0.2) is 65.6 Å². The van der Waals surface area contributed by atoms with Crippen LogP contribution >= 0.6 is 0 Å². The van der Waals surface area contributed by atoms with Crippen molar-refractivity contribution in [1.29, 1.82) is 0 Å². The molecule has 0 aliphatic carbocycles. The molecular formula is C37H49N5O3. The summed E-state index contributed by atoms with van der Waals surface area (Å²) in [5, 5.41) is 6.90. The van der Waals surface area contributed by atoms with Crippen LogP contribution in [0.4, 0.5) is 16.2 Å². The zero-order valence-corrected chi connectivity index (χ0v) is 28.1. The van der Waals surface area contributed by atoms with Crippen molar-refractivity contribution in [3.8, 4) is 16.9 Å². The number of amides is 2. The van der Waals surface area contributed by atoms with Gasteiger partial charge in [-0.05, 0) is 71.8 Å². The molecule has 240 valence electrons. The average Bonchev–Trinajstić information content (AvgIpc) is 3.01. The third-order valence-corrected chi connectivity index (χ3v) is 8.11. The van der Waals surface area contributed by atoms with E-state index in [4.69, 9.17) is 4.74 Å². The topological polar surface area (TPSA) is 88.5 Å². The highest BCUT2D eigenvalue weighted by molar-refractivity contribution is 6.07. The van der Waals surface area contributed by atoms with Crippen LogP contribution in [-0.4, -0.2) is 46.7 Å². The first-order valence-electron chi connectivity index (χ1n) is 16.2. The molecule has 4 aromatic rings. The molecule has 0 spiro atoms. The van der Waals surface area contributed by atoms with Crippen LogP contribution in [0.1, 0.15) is 78.4 Å². The molecule has 0 radical (unpaired) electrons. The summed E-state index contributed by atoms with van der Waals surface area (Å²) in [6.45, 7) is 20.6. The van der Waals surface area contributed by atoms with Gasteiger partial charge in [-0.3, -0.25) is 9.36 Å². The SMILES string of the molecule is CCN(CC)CCOc1cccc(-c2c(NC(=O)Nc3c(C(C)C)cccc3C(C)C)c(=O)n(CC(C)C)c3ncccc23)c1. The van der Waals surface area contributed by atoms with Crippen molar-refractivity contribution < 1.29 is 9.53 Å². The number of anilines is 2. The second kappa shape index (κ2) is 15.2. The standard InChI is InChI=1S/C37H49N5O3/c1-9-41(10-2)20-21-45-28-15-11-14-27(22-28)32-31-18-13-19-38-35(31)42(23-24(3)4)36(43)34(32)40-37(44)39-33-29(25(5)6)16-12-17-30(33)26(7)8/h11-19,22,24-26H,9-10,20-21,23H2,1-8H3,(H2,39,40,44). The Bertz CT molecular complexity index is 1640. The number of pyridine rings is 2. The summed E-state index contributed by atoms with van der Waals surface area (Å²) >= 11 is 0. The number of aromatic nitrogens is 2. The number of hydrogen-bond donors (Lipinski definition) is 2. The Morgan fingerprint density at radius 3 is 2.16 bits per heavy atom. The maximum Gasteiger partial charge on any atom is 0.323 e. The Balaban J connectivity index is 1.83. The second-order valence-electron chi connectivity index (χ2n) is 12.5. The summed E-state index contributed by atoms with van der Waals surface area (Å²) in [6.07, 6.45) is 1.70. The minimum absolute atomic E-state index is 0.189. The van der Waals surface area contributed by atoms with E-state index >= 15 is 0 Å². The van der Waals surface area contributed by atoms with Crippen LogP contribution < -0.4 is 20.9 Å². The number of hydrogen-bond acceptors (Lipinski definition) is 5. The molecule has 0 saturated carbocycles. The highest BCUT2D eigenvalue weighted by Crippen LogP contribution is 2.36. The molecule has 2 aromatic heterocycles. The first kappa shape index (κ1) is 33.7. The van der Waals surface area contributed by atoms with E-state index in [2.05, 4.69) is 75.9 Å². The van der Waals surface area contributed by atoms with E-state index in [9.17, 15) is 9.59 Å². The van der Waals surface area contributed by atoms with Crippen LogP contribution in [0.3, 0.4) is 0 Å². The van der Waals surface area contributed by atoms with E-state index in [1.54, 1.807) is 10.8 Å². The van der Waals surface area contributed by atoms with Gasteiger partial charge in [-0.2, -0.15) is 0 Å². The molecule has 0 unspecified atom stereocenters. The molecule has 8 nitrogen and oxygen atoms in total. The number of nitrogens with one attached hydrogen (secondary N) is 2. The number of rotatable bonds is 13. The van der Waals surface area contributed by atoms with Gasteiger partial charge in [0.15, 0.2) is 0 Å². The van der Waals surface area contributed by atoms with Gasteiger partial charge in [0.2, 0.25) is 0 Å². The zero-order chi connectivity index (χ0) is 32.7. The smallest absolute Gasteiger partial charge is 0.323 e. The number of carbonyl (C=O) groups excluding carboxylic acids is 1. The summed E-state index contributed by atoms with van der Waals surface area (Å²) in [6, 6.07) is 17.2. The van der Waals surface area contributed by atoms with Gasteiger partial charge in [0, 0.05) is 35.9 Å². The van der Waals surface area contributed by atoms with E-state index in [1.807, 2.05) is 54.6 Å². The van der Waals surface area contributed by atoms with Gasteiger partial charge in [0.1, 0.15) is 23.7 Å². The number of benzene rings is 2. The van der Waals surface area contributed by atoms with E-state index in [0.29, 0.717) is 30.1 Å². The van der Waals surface area contributed by atoms with Gasteiger partial charge in [0.05, 0.1) is 0 Å². The number of para-hydroxylation sites is 1. The van der Waals surface area contributed by atoms with Gasteiger partial charge in [-0.25, -0.2) is 9.78 Å². The van der Waals surface area contributed by atoms with Crippen molar-refractivity contribution in [2.75, 3.05) is 36.9 Å². The maximum absolute atomic E-state index is 14.3. The summed E-state index contributed by atoms with van der Waals surface area (Å²) < 4.78 is 7.82. The highest BCUT2D eigenvalue weighted by Gasteiger charge is 2.23. The molecule has 2 amide bonds. The lowest BCUT2D eigenvalue weighted by Gasteiger charge is -2.22. The molecule has 0 saturated heterocycles. The van der Waals surface area contributed by atoms with Gasteiger partial charge >= 0.3 is 6.03 Å². The van der Waals surface area contributed by atoms with Crippen LogP contribution in [0, 0.1) is 5.92 Å². The largest absolute Gasteiger partial charge is 0.492 e. The van der Waals surface area contributed by atoms with Crippen LogP contribution in [-0.2, 0) is 6.54 Å². The number of nitrogens with zero attached hydrogens (tertiary/aromatic N) is 3. The Morgan fingerprint density at radius 2 is 1.53 bits per heavy atom. The predicted molar refractivity (Wildman–Crippen MR) is 187 cm³/mol. The van der Waals surface area contributed by atoms with Crippen molar-refractivity contribution in [1.82, 2.24) is 14.5 Å². The molecular weight excluding hydrogens is 562 g/mol. The van der Waals surface area contributed by atoms with Crippen molar-refractivity contribution in [3.63, 3.8) is 0 Å². The summed E-state index contributed by atoms with van der Waals surface area (Å²) in [5.74, 6) is 1.29. The minimum atomic E-state index is -0.464. The van der Waals surface area contributed by atoms with Gasteiger partial charge < -0.3 is 20.3 Å². The van der Waals surface area contributed by atoms with E-state index < -0.39 is 6.03 Å². The normalized spacial score (nSPS) is 11.6. The molecule has 45 heavy (non-hydrogen) atoms. The number of fused-ring (bicyclic) bond motifs is 1. The van der Waals surface area contributed by atoms with Crippen LogP contribution in [0.5, 0.6) is 5.75 Å². The first-order chi connectivity index (χ1) is 21.5. The number of ether oxygens (including phenoxy) is 1. The number of likely N-dealkylation sites (N-methyl/N-ethyl adjacent to an activating group) is 1. The molecule has 0 fully saturated rings. The van der Waals surface area contributed by atoms with Gasteiger partial charge in [-0.1, -0.05) is 85.7 Å². The van der Waals surface area contributed by atoms with Crippen molar-refractivity contribution in [2.45, 2.75) is 73.8 Å². The fraction of sp³-hybridized carbons (Fsp3) is 0.432. The Labute approximate surface area is 267 Å². The highest BCUT2D eigenvalue weighted by atomic mass is 16.5. The van der Waals surface area contributed by atoms with Crippen molar-refractivity contribution in [2.24, 2.45) is 5.92 Å². The lowest BCUT2D eigenvalue weighted by Crippen LogP contribution is -2.31. The molecule has 0 bridgehead atoms. The van der Waals surface area contributed by atoms with Crippen molar-refractivity contribution in [3.05, 3.63) is 82.3 Å². The van der Waals surface area contributed by atoms with E-state index in [1.165, 1.54) is 0 Å². The van der Waals surface area contributed by atoms with Gasteiger partial charge in [0.25, 0.3) is 5.56 Å². The quantitative estimate of drug-likeness (QED) is 0.159. The number of carbonyl (C=O) groups is 1. The lowest BCUT2D eigenvalue weighted by molar-refractivity contribution is 0.223. The van der Waals surface area contributed by atoms with E-state index in [0.717, 1.165) is 47.4 Å². The summed E-state index contributed by atoms with van der Waals surface area (Å²) in [5.41, 5.74) is 4.76. The Hall–Kier alpha value is -4.17. The Morgan fingerprint density at radius 1 is 0.889 bits per heavy atom. The van der Waals surface area contributed by atoms with Gasteiger partial charge in [-0.15, -0.1) is 0 Å². The van der Waals surface area contributed by atoms with Crippen molar-refractivity contribution >= 4 is 28.4 Å².